The minimum Gasteiger partial charge on any atom is -0.395 e. The van der Waals surface area contributed by atoms with E-state index in [0.717, 1.165) is 11.8 Å². The molecule has 8 nitrogen and oxygen atoms in total. The average Bonchev–Trinajstić information content (AvgIpc) is 2.32. The van der Waals surface area contributed by atoms with E-state index in [1.807, 2.05) is 0 Å². The number of aromatic amines is 1. The second-order valence-electron chi connectivity index (χ2n) is 3.60. The number of nitrogens with zero attached hydrogens (tertiary/aromatic N) is 4. The molecule has 2 aromatic rings. The SMILES string of the molecule is Cc1nc(Cl)nc(Sc2nc(=O)c(=O)[nH]n2C)c1N. The number of halogens is 1. The van der Waals surface area contributed by atoms with E-state index in [1.54, 1.807) is 14.0 Å². The minimum absolute atomic E-state index is 0.0450. The Bertz CT molecular complexity index is 755. The number of H-pyrrole nitrogens is 1. The molecule has 0 unspecified atom stereocenters. The molecule has 0 aromatic carbocycles. The second kappa shape index (κ2) is 5.02. The first-order chi connectivity index (χ1) is 8.88. The number of nitrogens with one attached hydrogen (secondary N) is 1. The summed E-state index contributed by atoms with van der Waals surface area (Å²) >= 11 is 6.76. The van der Waals surface area contributed by atoms with E-state index in [1.165, 1.54) is 4.68 Å². The van der Waals surface area contributed by atoms with Crippen molar-refractivity contribution in [3.8, 4) is 0 Å². The molecule has 0 amide bonds. The molecule has 0 aliphatic carbocycles. The van der Waals surface area contributed by atoms with Crippen LogP contribution in [0.25, 0.3) is 0 Å². The summed E-state index contributed by atoms with van der Waals surface area (Å²) in [6.07, 6.45) is 0. The summed E-state index contributed by atoms with van der Waals surface area (Å²) in [6, 6.07) is 0. The van der Waals surface area contributed by atoms with Gasteiger partial charge in [0, 0.05) is 7.05 Å². The van der Waals surface area contributed by atoms with Crippen LogP contribution in [0.5, 0.6) is 0 Å². The Kier molecular flexibility index (Phi) is 3.58. The van der Waals surface area contributed by atoms with Gasteiger partial charge in [-0.25, -0.2) is 9.97 Å². The number of anilines is 1. The fourth-order valence-corrected chi connectivity index (χ4v) is 2.37. The number of nitrogens with two attached hydrogens (primary N) is 1. The molecule has 100 valence electrons. The van der Waals surface area contributed by atoms with Gasteiger partial charge in [-0.05, 0) is 30.3 Å². The molecule has 0 radical (unpaired) electrons. The maximum atomic E-state index is 11.2. The molecule has 3 N–H and O–H groups in total. The molecule has 0 saturated carbocycles. The van der Waals surface area contributed by atoms with Crippen LogP contribution in [0.15, 0.2) is 19.8 Å². The summed E-state index contributed by atoms with van der Waals surface area (Å²) in [4.78, 5) is 33.8. The highest BCUT2D eigenvalue weighted by molar-refractivity contribution is 7.99. The quantitative estimate of drug-likeness (QED) is 0.453. The fourth-order valence-electron chi connectivity index (χ4n) is 1.24. The van der Waals surface area contributed by atoms with Crippen molar-refractivity contribution in [2.75, 3.05) is 5.73 Å². The Morgan fingerprint density at radius 2 is 2.00 bits per heavy atom. The van der Waals surface area contributed by atoms with Crippen LogP contribution in [-0.4, -0.2) is 24.7 Å². The Labute approximate surface area is 116 Å². The lowest BCUT2D eigenvalue weighted by atomic mass is 10.4. The molecule has 0 aliphatic heterocycles. The lowest BCUT2D eigenvalue weighted by Crippen LogP contribution is -2.33. The van der Waals surface area contributed by atoms with E-state index in [0.29, 0.717) is 16.4 Å². The first-order valence-electron chi connectivity index (χ1n) is 5.03. The molecule has 0 fully saturated rings. The number of rotatable bonds is 2. The molecular weight excluding hydrogens is 292 g/mol. The summed E-state index contributed by atoms with van der Waals surface area (Å²) in [5, 5.41) is 2.98. The predicted octanol–water partition coefficient (Wildman–Crippen LogP) is -0.0462. The molecule has 0 aliphatic rings. The highest BCUT2D eigenvalue weighted by atomic mass is 35.5. The van der Waals surface area contributed by atoms with E-state index < -0.39 is 11.1 Å². The topological polar surface area (TPSA) is 120 Å². The van der Waals surface area contributed by atoms with Gasteiger partial charge in [0.15, 0.2) is 5.16 Å². The van der Waals surface area contributed by atoms with E-state index in [9.17, 15) is 9.59 Å². The Morgan fingerprint density at radius 1 is 1.32 bits per heavy atom. The van der Waals surface area contributed by atoms with Crippen molar-refractivity contribution in [2.24, 2.45) is 7.05 Å². The molecule has 19 heavy (non-hydrogen) atoms. The van der Waals surface area contributed by atoms with E-state index in [-0.39, 0.29) is 10.4 Å². The van der Waals surface area contributed by atoms with Gasteiger partial charge in [0.05, 0.1) is 11.4 Å². The van der Waals surface area contributed by atoms with Crippen LogP contribution in [0.2, 0.25) is 5.28 Å². The Morgan fingerprint density at radius 3 is 2.68 bits per heavy atom. The van der Waals surface area contributed by atoms with Crippen LogP contribution >= 0.6 is 23.4 Å². The third-order valence-electron chi connectivity index (χ3n) is 2.21. The number of aryl methyl sites for hydroxylation is 2. The number of nitrogen functional groups attached to an aromatic ring is 1. The predicted molar refractivity (Wildman–Crippen MR) is 70.4 cm³/mol. The Hall–Kier alpha value is -1.87. The number of aromatic nitrogens is 5. The number of hydrogen-bond acceptors (Lipinski definition) is 7. The van der Waals surface area contributed by atoms with Crippen LogP contribution in [0, 0.1) is 6.92 Å². The van der Waals surface area contributed by atoms with Gasteiger partial charge in [0.2, 0.25) is 5.28 Å². The second-order valence-corrected chi connectivity index (χ2v) is 4.89. The zero-order valence-electron chi connectivity index (χ0n) is 9.97. The van der Waals surface area contributed by atoms with E-state index in [2.05, 4.69) is 20.1 Å². The zero-order valence-corrected chi connectivity index (χ0v) is 11.5. The fraction of sp³-hybridized carbons (Fsp3) is 0.222. The lowest BCUT2D eigenvalue weighted by molar-refractivity contribution is 0.596. The van der Waals surface area contributed by atoms with Gasteiger partial charge >= 0.3 is 11.1 Å². The monoisotopic (exact) mass is 300 g/mol. The molecule has 0 saturated heterocycles. The largest absolute Gasteiger partial charge is 0.395 e. The first-order valence-corrected chi connectivity index (χ1v) is 6.22. The third-order valence-corrected chi connectivity index (χ3v) is 3.43. The van der Waals surface area contributed by atoms with Gasteiger partial charge in [0.1, 0.15) is 5.03 Å². The summed E-state index contributed by atoms with van der Waals surface area (Å²) < 4.78 is 1.30. The van der Waals surface area contributed by atoms with Gasteiger partial charge in [-0.3, -0.25) is 19.4 Å². The summed E-state index contributed by atoms with van der Waals surface area (Å²) in [6.45, 7) is 1.69. The zero-order chi connectivity index (χ0) is 14.2. The standard InChI is InChI=1S/C9H9ClN6O2S/c1-3-4(11)7(14-8(10)12-3)19-9-13-5(17)6(18)15-16(9)2/h11H2,1-2H3,(H,15,18). The molecule has 10 heteroatoms. The highest BCUT2D eigenvalue weighted by Gasteiger charge is 2.13. The maximum absolute atomic E-state index is 11.2. The van der Waals surface area contributed by atoms with Crippen molar-refractivity contribution in [1.29, 1.82) is 0 Å². The van der Waals surface area contributed by atoms with Gasteiger partial charge in [-0.2, -0.15) is 4.98 Å². The maximum Gasteiger partial charge on any atom is 0.339 e. The normalized spacial score (nSPS) is 10.7. The average molecular weight is 301 g/mol. The van der Waals surface area contributed by atoms with Crippen molar-refractivity contribution in [3.63, 3.8) is 0 Å². The van der Waals surface area contributed by atoms with Gasteiger partial charge in [-0.1, -0.05) is 0 Å². The molecular formula is C9H9ClN6O2S. The van der Waals surface area contributed by atoms with Crippen LogP contribution in [0.1, 0.15) is 5.69 Å². The van der Waals surface area contributed by atoms with Crippen molar-refractivity contribution in [2.45, 2.75) is 17.1 Å². The first kappa shape index (κ1) is 13.6. The van der Waals surface area contributed by atoms with Crippen molar-refractivity contribution in [3.05, 3.63) is 31.7 Å². The molecule has 2 heterocycles. The van der Waals surface area contributed by atoms with Crippen molar-refractivity contribution < 1.29 is 0 Å². The van der Waals surface area contributed by atoms with Crippen molar-refractivity contribution in [1.82, 2.24) is 24.7 Å². The third kappa shape index (κ3) is 2.76. The van der Waals surface area contributed by atoms with E-state index in [4.69, 9.17) is 17.3 Å². The Balaban J connectivity index is 2.50. The van der Waals surface area contributed by atoms with Crippen molar-refractivity contribution >= 4 is 29.1 Å². The van der Waals surface area contributed by atoms with Gasteiger partial charge in [-0.15, -0.1) is 0 Å². The molecule has 2 rings (SSSR count). The van der Waals surface area contributed by atoms with Gasteiger partial charge < -0.3 is 5.73 Å². The molecule has 2 aromatic heterocycles. The molecule has 0 spiro atoms. The molecule has 0 bridgehead atoms. The van der Waals surface area contributed by atoms with Crippen LogP contribution < -0.4 is 16.9 Å². The minimum atomic E-state index is -0.879. The highest BCUT2D eigenvalue weighted by Crippen LogP contribution is 2.29. The molecule has 0 atom stereocenters. The summed E-state index contributed by atoms with van der Waals surface area (Å²) in [5.41, 5.74) is 5.02. The van der Waals surface area contributed by atoms with E-state index >= 15 is 0 Å². The van der Waals surface area contributed by atoms with Crippen LogP contribution in [-0.2, 0) is 7.05 Å². The van der Waals surface area contributed by atoms with Crippen LogP contribution in [0.4, 0.5) is 5.69 Å². The summed E-state index contributed by atoms with van der Waals surface area (Å²) in [5.74, 6) is 0. The van der Waals surface area contributed by atoms with Gasteiger partial charge in [0.25, 0.3) is 0 Å². The lowest BCUT2D eigenvalue weighted by Gasteiger charge is -2.08. The van der Waals surface area contributed by atoms with Crippen LogP contribution in [0.3, 0.4) is 0 Å². The number of hydrogen-bond donors (Lipinski definition) is 2. The smallest absolute Gasteiger partial charge is 0.339 e. The summed E-state index contributed by atoms with van der Waals surface area (Å²) in [7, 11) is 1.54.